The second kappa shape index (κ2) is 8.53. The lowest BCUT2D eigenvalue weighted by molar-refractivity contribution is -0.133. The summed E-state index contributed by atoms with van der Waals surface area (Å²) in [6.45, 7) is 6.43. The molecule has 2 aromatic carbocycles. The molecule has 4 rings (SSSR count). The Morgan fingerprint density at radius 3 is 2.50 bits per heavy atom. The number of hydrogen-bond donors (Lipinski definition) is 0. The lowest BCUT2D eigenvalue weighted by Gasteiger charge is -2.35. The van der Waals surface area contributed by atoms with Crippen LogP contribution in [0.5, 0.6) is 0 Å². The van der Waals surface area contributed by atoms with Crippen molar-refractivity contribution in [2.75, 3.05) is 26.2 Å². The third-order valence-electron chi connectivity index (χ3n) is 5.58. The Balaban J connectivity index is 1.29. The standard InChI is InChI=1S/C24H27N3O/c1-19-7-9-20(10-8-19)11-12-23(28)27-16-14-26(15-17-27)18-22-5-2-4-21-6-3-13-25-24(21)22/h2-10,13H,11-12,14-18H2,1H3. The molecule has 0 radical (unpaired) electrons. The molecule has 3 aromatic rings. The summed E-state index contributed by atoms with van der Waals surface area (Å²) >= 11 is 0. The lowest BCUT2D eigenvalue weighted by Crippen LogP contribution is -2.48. The number of nitrogens with zero attached hydrogens (tertiary/aromatic N) is 3. The molecule has 1 aromatic heterocycles. The fourth-order valence-corrected chi connectivity index (χ4v) is 3.86. The van der Waals surface area contributed by atoms with E-state index in [1.807, 2.05) is 17.2 Å². The van der Waals surface area contributed by atoms with Crippen molar-refractivity contribution in [3.05, 3.63) is 77.5 Å². The summed E-state index contributed by atoms with van der Waals surface area (Å²) in [5.41, 5.74) is 4.84. The van der Waals surface area contributed by atoms with E-state index in [1.165, 1.54) is 22.1 Å². The van der Waals surface area contributed by atoms with Gasteiger partial charge in [-0.3, -0.25) is 14.7 Å². The number of carbonyl (C=O) groups is 1. The van der Waals surface area contributed by atoms with Gasteiger partial charge in [-0.25, -0.2) is 0 Å². The van der Waals surface area contributed by atoms with E-state index in [2.05, 4.69) is 65.3 Å². The summed E-state index contributed by atoms with van der Waals surface area (Å²) in [5.74, 6) is 0.270. The zero-order chi connectivity index (χ0) is 19.3. The Labute approximate surface area is 166 Å². The van der Waals surface area contributed by atoms with Crippen LogP contribution in [0.15, 0.2) is 60.8 Å². The number of carbonyl (C=O) groups excluding carboxylic acids is 1. The normalized spacial score (nSPS) is 15.1. The van der Waals surface area contributed by atoms with Gasteiger partial charge in [0.1, 0.15) is 0 Å². The summed E-state index contributed by atoms with van der Waals surface area (Å²) < 4.78 is 0. The first-order valence-corrected chi connectivity index (χ1v) is 10.1. The molecule has 1 fully saturated rings. The summed E-state index contributed by atoms with van der Waals surface area (Å²) in [6.07, 6.45) is 3.27. The molecule has 0 saturated carbocycles. The second-order valence-corrected chi connectivity index (χ2v) is 7.63. The van der Waals surface area contributed by atoms with E-state index in [0.29, 0.717) is 6.42 Å². The highest BCUT2D eigenvalue weighted by molar-refractivity contribution is 5.81. The summed E-state index contributed by atoms with van der Waals surface area (Å²) in [6, 6.07) is 18.9. The second-order valence-electron chi connectivity index (χ2n) is 7.63. The van der Waals surface area contributed by atoms with Gasteiger partial charge in [0.15, 0.2) is 0 Å². The van der Waals surface area contributed by atoms with Crippen molar-refractivity contribution in [2.24, 2.45) is 0 Å². The highest BCUT2D eigenvalue weighted by atomic mass is 16.2. The van der Waals surface area contributed by atoms with Crippen molar-refractivity contribution >= 4 is 16.8 Å². The quantitative estimate of drug-likeness (QED) is 0.682. The molecule has 1 saturated heterocycles. The summed E-state index contributed by atoms with van der Waals surface area (Å²) in [4.78, 5) is 21.6. The molecule has 2 heterocycles. The first kappa shape index (κ1) is 18.6. The number of fused-ring (bicyclic) bond motifs is 1. The fourth-order valence-electron chi connectivity index (χ4n) is 3.86. The molecule has 1 aliphatic rings. The Kier molecular flexibility index (Phi) is 5.68. The number of hydrogen-bond acceptors (Lipinski definition) is 3. The topological polar surface area (TPSA) is 36.4 Å². The van der Waals surface area contributed by atoms with Crippen molar-refractivity contribution in [2.45, 2.75) is 26.3 Å². The highest BCUT2D eigenvalue weighted by Crippen LogP contribution is 2.18. The molecule has 4 nitrogen and oxygen atoms in total. The molecular weight excluding hydrogens is 346 g/mol. The number of aromatic nitrogens is 1. The van der Waals surface area contributed by atoms with Crippen LogP contribution >= 0.6 is 0 Å². The van der Waals surface area contributed by atoms with Gasteiger partial charge < -0.3 is 4.90 Å². The van der Waals surface area contributed by atoms with Crippen LogP contribution in [0.4, 0.5) is 0 Å². The minimum absolute atomic E-state index is 0.270. The summed E-state index contributed by atoms with van der Waals surface area (Å²) in [5, 5.41) is 1.19. The number of piperazine rings is 1. The Bertz CT molecular complexity index is 938. The zero-order valence-corrected chi connectivity index (χ0v) is 16.5. The zero-order valence-electron chi connectivity index (χ0n) is 16.5. The van der Waals surface area contributed by atoms with Crippen molar-refractivity contribution in [3.8, 4) is 0 Å². The Morgan fingerprint density at radius 1 is 0.964 bits per heavy atom. The first-order valence-electron chi connectivity index (χ1n) is 10.1. The maximum atomic E-state index is 12.6. The number of pyridine rings is 1. The van der Waals surface area contributed by atoms with Gasteiger partial charge in [0.25, 0.3) is 0 Å². The van der Waals surface area contributed by atoms with Gasteiger partial charge in [-0.05, 0) is 30.5 Å². The molecule has 0 spiro atoms. The minimum atomic E-state index is 0.270. The molecule has 0 bridgehead atoms. The van der Waals surface area contributed by atoms with E-state index < -0.39 is 0 Å². The van der Waals surface area contributed by atoms with E-state index in [4.69, 9.17) is 0 Å². The first-order chi connectivity index (χ1) is 13.7. The van der Waals surface area contributed by atoms with Crippen molar-refractivity contribution < 1.29 is 4.79 Å². The SMILES string of the molecule is Cc1ccc(CCC(=O)N2CCN(Cc3cccc4cccnc34)CC2)cc1. The molecule has 144 valence electrons. The minimum Gasteiger partial charge on any atom is -0.340 e. The van der Waals surface area contributed by atoms with E-state index in [0.717, 1.165) is 44.7 Å². The average Bonchev–Trinajstić information content (AvgIpc) is 2.74. The monoisotopic (exact) mass is 373 g/mol. The van der Waals surface area contributed by atoms with Crippen LogP contribution in [-0.4, -0.2) is 46.9 Å². The van der Waals surface area contributed by atoms with Crippen LogP contribution in [0.3, 0.4) is 0 Å². The largest absolute Gasteiger partial charge is 0.340 e. The van der Waals surface area contributed by atoms with Gasteiger partial charge in [0.05, 0.1) is 5.52 Å². The van der Waals surface area contributed by atoms with Crippen LogP contribution in [0, 0.1) is 6.92 Å². The molecule has 0 atom stereocenters. The molecule has 1 amide bonds. The van der Waals surface area contributed by atoms with Crippen LogP contribution in [0.1, 0.15) is 23.1 Å². The third kappa shape index (κ3) is 4.39. The van der Waals surface area contributed by atoms with Crippen LogP contribution in [-0.2, 0) is 17.8 Å². The molecule has 1 aliphatic heterocycles. The van der Waals surface area contributed by atoms with Crippen molar-refractivity contribution in [1.29, 1.82) is 0 Å². The average molecular weight is 374 g/mol. The predicted molar refractivity (Wildman–Crippen MR) is 113 cm³/mol. The van der Waals surface area contributed by atoms with E-state index >= 15 is 0 Å². The van der Waals surface area contributed by atoms with Gasteiger partial charge >= 0.3 is 0 Å². The van der Waals surface area contributed by atoms with Gasteiger partial charge in [-0.15, -0.1) is 0 Å². The third-order valence-corrected chi connectivity index (χ3v) is 5.58. The van der Waals surface area contributed by atoms with Gasteiger partial charge in [0.2, 0.25) is 5.91 Å². The van der Waals surface area contributed by atoms with Crippen LogP contribution < -0.4 is 0 Å². The van der Waals surface area contributed by atoms with Gasteiger partial charge in [-0.1, -0.05) is 54.1 Å². The number of rotatable bonds is 5. The van der Waals surface area contributed by atoms with E-state index in [1.54, 1.807) is 0 Å². The lowest BCUT2D eigenvalue weighted by atomic mass is 10.1. The summed E-state index contributed by atoms with van der Waals surface area (Å²) in [7, 11) is 0. The van der Waals surface area contributed by atoms with E-state index in [9.17, 15) is 4.79 Å². The molecular formula is C24H27N3O. The smallest absolute Gasteiger partial charge is 0.222 e. The van der Waals surface area contributed by atoms with E-state index in [-0.39, 0.29) is 5.91 Å². The maximum absolute atomic E-state index is 12.6. The molecule has 4 heteroatoms. The molecule has 0 unspecified atom stereocenters. The van der Waals surface area contributed by atoms with Crippen molar-refractivity contribution in [1.82, 2.24) is 14.8 Å². The highest BCUT2D eigenvalue weighted by Gasteiger charge is 2.21. The number of benzene rings is 2. The molecule has 28 heavy (non-hydrogen) atoms. The number of aryl methyl sites for hydroxylation is 2. The Hall–Kier alpha value is -2.72. The fraction of sp³-hybridized carbons (Fsp3) is 0.333. The maximum Gasteiger partial charge on any atom is 0.222 e. The van der Waals surface area contributed by atoms with Crippen LogP contribution in [0.2, 0.25) is 0 Å². The van der Waals surface area contributed by atoms with Gasteiger partial charge in [-0.2, -0.15) is 0 Å². The number of para-hydroxylation sites is 1. The van der Waals surface area contributed by atoms with Crippen molar-refractivity contribution in [3.63, 3.8) is 0 Å². The molecule has 0 N–H and O–H groups in total. The number of amides is 1. The van der Waals surface area contributed by atoms with Crippen LogP contribution in [0.25, 0.3) is 10.9 Å². The molecule has 0 aliphatic carbocycles. The predicted octanol–water partition coefficient (Wildman–Crippen LogP) is 3.82. The van der Waals surface area contributed by atoms with Gasteiger partial charge in [0, 0.05) is 50.7 Å². The Morgan fingerprint density at radius 2 is 1.71 bits per heavy atom.